The second kappa shape index (κ2) is 9.32. The first kappa shape index (κ1) is 21.4. The average molecular weight is 431 g/mol. The van der Waals surface area contributed by atoms with Crippen LogP contribution in [0.4, 0.5) is 5.69 Å². The summed E-state index contributed by atoms with van der Waals surface area (Å²) in [5.41, 5.74) is 0.127. The number of carbonyl (C=O) groups is 2. The van der Waals surface area contributed by atoms with Crippen LogP contribution >= 0.6 is 22.9 Å². The number of esters is 1. The fraction of sp³-hybridized carbons (Fsp3) is 0.294. The summed E-state index contributed by atoms with van der Waals surface area (Å²) in [6.07, 6.45) is 0. The van der Waals surface area contributed by atoms with E-state index in [9.17, 15) is 18.0 Å². The molecule has 146 valence electrons. The number of thiophene rings is 1. The summed E-state index contributed by atoms with van der Waals surface area (Å²) in [6.45, 7) is 3.60. The molecule has 1 aromatic heterocycles. The zero-order valence-corrected chi connectivity index (χ0v) is 17.2. The number of carbonyl (C=O) groups excluding carboxylic acids is 2. The number of halogens is 1. The summed E-state index contributed by atoms with van der Waals surface area (Å²) in [7, 11) is -3.69. The molecular formula is C17H19ClN2O5S2. The van der Waals surface area contributed by atoms with Gasteiger partial charge in [-0.1, -0.05) is 31.5 Å². The second-order valence-electron chi connectivity index (χ2n) is 5.33. The zero-order chi connectivity index (χ0) is 20.0. The van der Waals surface area contributed by atoms with Crippen molar-refractivity contribution in [3.63, 3.8) is 0 Å². The third kappa shape index (κ3) is 5.29. The van der Waals surface area contributed by atoms with Crippen molar-refractivity contribution in [2.75, 3.05) is 25.0 Å². The SMILES string of the molecule is CCN(CC)S(=O)(=O)c1ccc(Cl)c(NC(=O)COC(=O)c2cccs2)c1. The average Bonchev–Trinajstić information content (AvgIpc) is 3.17. The van der Waals surface area contributed by atoms with Crippen LogP contribution in [0.1, 0.15) is 23.5 Å². The summed E-state index contributed by atoms with van der Waals surface area (Å²) in [4.78, 5) is 24.2. The molecule has 1 aromatic carbocycles. The molecule has 0 saturated carbocycles. The van der Waals surface area contributed by atoms with E-state index in [0.717, 1.165) is 0 Å². The Morgan fingerprint density at radius 1 is 1.22 bits per heavy atom. The zero-order valence-electron chi connectivity index (χ0n) is 14.8. The Hall–Kier alpha value is -1.94. The lowest BCUT2D eigenvalue weighted by atomic mass is 10.3. The molecule has 0 atom stereocenters. The van der Waals surface area contributed by atoms with E-state index in [-0.39, 0.29) is 15.6 Å². The molecule has 2 aromatic rings. The van der Waals surface area contributed by atoms with Gasteiger partial charge in [-0.3, -0.25) is 4.79 Å². The number of sulfonamides is 1. The highest BCUT2D eigenvalue weighted by atomic mass is 35.5. The van der Waals surface area contributed by atoms with E-state index in [2.05, 4.69) is 5.32 Å². The first-order valence-electron chi connectivity index (χ1n) is 8.09. The maximum absolute atomic E-state index is 12.6. The van der Waals surface area contributed by atoms with Gasteiger partial charge in [-0.15, -0.1) is 11.3 Å². The van der Waals surface area contributed by atoms with E-state index in [0.29, 0.717) is 18.0 Å². The molecule has 2 rings (SSSR count). The lowest BCUT2D eigenvalue weighted by Crippen LogP contribution is -2.30. The molecule has 0 bridgehead atoms. The Morgan fingerprint density at radius 2 is 1.93 bits per heavy atom. The van der Waals surface area contributed by atoms with Gasteiger partial charge in [0.15, 0.2) is 6.61 Å². The van der Waals surface area contributed by atoms with Crippen molar-refractivity contribution in [3.05, 3.63) is 45.6 Å². The second-order valence-corrected chi connectivity index (χ2v) is 8.63. The van der Waals surface area contributed by atoms with Crippen molar-refractivity contribution in [2.45, 2.75) is 18.7 Å². The number of anilines is 1. The molecule has 27 heavy (non-hydrogen) atoms. The number of ether oxygens (including phenoxy) is 1. The van der Waals surface area contributed by atoms with Crippen molar-refractivity contribution in [2.24, 2.45) is 0 Å². The highest BCUT2D eigenvalue weighted by Crippen LogP contribution is 2.27. The van der Waals surface area contributed by atoms with Gasteiger partial charge in [-0.05, 0) is 29.6 Å². The van der Waals surface area contributed by atoms with Crippen molar-refractivity contribution < 1.29 is 22.7 Å². The molecule has 0 unspecified atom stereocenters. The van der Waals surface area contributed by atoms with Gasteiger partial charge in [0.25, 0.3) is 5.91 Å². The van der Waals surface area contributed by atoms with Crippen molar-refractivity contribution in [3.8, 4) is 0 Å². The smallest absolute Gasteiger partial charge is 0.348 e. The van der Waals surface area contributed by atoms with E-state index >= 15 is 0 Å². The molecule has 0 aliphatic rings. The Bertz CT molecular complexity index is 909. The molecule has 0 fully saturated rings. The third-order valence-electron chi connectivity index (χ3n) is 3.61. The number of hydrogen-bond donors (Lipinski definition) is 1. The molecule has 1 N–H and O–H groups in total. The van der Waals surface area contributed by atoms with Crippen LogP contribution in [-0.2, 0) is 19.6 Å². The van der Waals surface area contributed by atoms with E-state index in [1.54, 1.807) is 31.4 Å². The predicted molar refractivity (Wildman–Crippen MR) is 105 cm³/mol. The molecule has 1 heterocycles. The van der Waals surface area contributed by atoms with Crippen molar-refractivity contribution in [1.29, 1.82) is 0 Å². The molecule has 7 nitrogen and oxygen atoms in total. The predicted octanol–water partition coefficient (Wildman–Crippen LogP) is 3.23. The fourth-order valence-corrected chi connectivity index (χ4v) is 4.52. The van der Waals surface area contributed by atoms with Gasteiger partial charge in [0, 0.05) is 13.1 Å². The molecule has 0 spiro atoms. The topological polar surface area (TPSA) is 92.8 Å². The summed E-state index contributed by atoms with van der Waals surface area (Å²) in [6, 6.07) is 7.34. The Balaban J connectivity index is 2.10. The molecule has 0 aliphatic carbocycles. The maximum Gasteiger partial charge on any atom is 0.348 e. The fourth-order valence-electron chi connectivity index (χ4n) is 2.26. The molecule has 0 aliphatic heterocycles. The summed E-state index contributed by atoms with van der Waals surface area (Å²) in [5, 5.41) is 4.36. The van der Waals surface area contributed by atoms with Crippen LogP contribution in [-0.4, -0.2) is 44.3 Å². The summed E-state index contributed by atoms with van der Waals surface area (Å²) >= 11 is 7.25. The van der Waals surface area contributed by atoms with Gasteiger partial charge in [0.05, 0.1) is 15.6 Å². The van der Waals surface area contributed by atoms with Gasteiger partial charge in [-0.25, -0.2) is 13.2 Å². The lowest BCUT2D eigenvalue weighted by molar-refractivity contribution is -0.119. The number of nitrogens with one attached hydrogen (secondary N) is 1. The Labute approximate surface area is 166 Å². The quantitative estimate of drug-likeness (QED) is 0.649. The minimum absolute atomic E-state index is 0.0153. The standard InChI is InChI=1S/C17H19ClN2O5S2/c1-3-20(4-2)27(23,24)12-7-8-13(18)14(10-12)19-16(21)11-25-17(22)15-6-5-9-26-15/h5-10H,3-4,11H2,1-2H3,(H,19,21). The molecular weight excluding hydrogens is 412 g/mol. The number of nitrogens with zero attached hydrogens (tertiary/aromatic N) is 1. The van der Waals surface area contributed by atoms with Crippen LogP contribution in [0, 0.1) is 0 Å². The number of rotatable bonds is 8. The first-order chi connectivity index (χ1) is 12.8. The Morgan fingerprint density at radius 3 is 2.52 bits per heavy atom. The maximum atomic E-state index is 12.6. The molecule has 0 saturated heterocycles. The number of amides is 1. The molecule has 1 amide bonds. The number of hydrogen-bond acceptors (Lipinski definition) is 6. The van der Waals surface area contributed by atoms with Gasteiger partial charge in [-0.2, -0.15) is 4.31 Å². The van der Waals surface area contributed by atoms with Crippen LogP contribution in [0.15, 0.2) is 40.6 Å². The summed E-state index contributed by atoms with van der Waals surface area (Å²) in [5.74, 6) is -1.23. The monoisotopic (exact) mass is 430 g/mol. The van der Waals surface area contributed by atoms with Gasteiger partial charge in [0.2, 0.25) is 10.0 Å². The molecule has 0 radical (unpaired) electrons. The minimum atomic E-state index is -3.69. The normalized spacial score (nSPS) is 11.4. The number of benzene rings is 1. The summed E-state index contributed by atoms with van der Waals surface area (Å²) < 4.78 is 31.4. The third-order valence-corrected chi connectivity index (χ3v) is 6.84. The largest absolute Gasteiger partial charge is 0.451 e. The minimum Gasteiger partial charge on any atom is -0.451 e. The Kier molecular flexibility index (Phi) is 7.37. The van der Waals surface area contributed by atoms with Crippen molar-refractivity contribution in [1.82, 2.24) is 4.31 Å². The highest BCUT2D eigenvalue weighted by Gasteiger charge is 2.23. The van der Waals surface area contributed by atoms with Crippen molar-refractivity contribution >= 4 is 50.5 Å². The van der Waals surface area contributed by atoms with Gasteiger partial charge >= 0.3 is 5.97 Å². The van der Waals surface area contributed by atoms with Gasteiger partial charge < -0.3 is 10.1 Å². The molecule has 10 heteroatoms. The van der Waals surface area contributed by atoms with E-state index in [1.165, 1.54) is 33.8 Å². The van der Waals surface area contributed by atoms with Crippen LogP contribution in [0.25, 0.3) is 0 Å². The van der Waals surface area contributed by atoms with Gasteiger partial charge in [0.1, 0.15) is 4.88 Å². The lowest BCUT2D eigenvalue weighted by Gasteiger charge is -2.19. The van der Waals surface area contributed by atoms with Crippen LogP contribution in [0.2, 0.25) is 5.02 Å². The van der Waals surface area contributed by atoms with E-state index < -0.39 is 28.5 Å². The van der Waals surface area contributed by atoms with E-state index in [4.69, 9.17) is 16.3 Å². The van der Waals surface area contributed by atoms with Crippen LogP contribution in [0.3, 0.4) is 0 Å². The van der Waals surface area contributed by atoms with E-state index in [1.807, 2.05) is 0 Å². The van der Waals surface area contributed by atoms with Crippen LogP contribution < -0.4 is 5.32 Å². The highest BCUT2D eigenvalue weighted by molar-refractivity contribution is 7.89. The first-order valence-corrected chi connectivity index (χ1v) is 10.8. The van der Waals surface area contributed by atoms with Crippen LogP contribution in [0.5, 0.6) is 0 Å².